The highest BCUT2D eigenvalue weighted by Gasteiger charge is 2.29. The fourth-order valence-corrected chi connectivity index (χ4v) is 2.21. The summed E-state index contributed by atoms with van der Waals surface area (Å²) in [6.45, 7) is 4.95. The number of hydrogen-bond donors (Lipinski definition) is 1. The maximum absolute atomic E-state index is 5.55. The molecule has 0 saturated heterocycles. The Morgan fingerprint density at radius 2 is 2.12 bits per heavy atom. The van der Waals surface area contributed by atoms with Gasteiger partial charge in [-0.15, -0.1) is 0 Å². The van der Waals surface area contributed by atoms with Gasteiger partial charge in [-0.1, -0.05) is 6.07 Å². The molecular weight excluding hydrogens is 214 g/mol. The van der Waals surface area contributed by atoms with Gasteiger partial charge in [0.1, 0.15) is 5.75 Å². The number of ether oxygens (including phenoxy) is 2. The van der Waals surface area contributed by atoms with Crippen LogP contribution >= 0.6 is 0 Å². The molecule has 1 fully saturated rings. The molecule has 1 aliphatic rings. The highest BCUT2D eigenvalue weighted by molar-refractivity contribution is 5.58. The van der Waals surface area contributed by atoms with E-state index in [-0.39, 0.29) is 0 Å². The Hall–Kier alpha value is -1.22. The van der Waals surface area contributed by atoms with Gasteiger partial charge >= 0.3 is 0 Å². The Balaban J connectivity index is 1.93. The van der Waals surface area contributed by atoms with E-state index in [4.69, 9.17) is 9.47 Å². The number of benzene rings is 1. The summed E-state index contributed by atoms with van der Waals surface area (Å²) in [7, 11) is 1.71. The van der Waals surface area contributed by atoms with Gasteiger partial charge in [-0.25, -0.2) is 0 Å². The summed E-state index contributed by atoms with van der Waals surface area (Å²) in [5.74, 6) is 0.912. The molecule has 0 aromatic heterocycles. The van der Waals surface area contributed by atoms with E-state index >= 15 is 0 Å². The van der Waals surface area contributed by atoms with Crippen molar-refractivity contribution in [3.63, 3.8) is 0 Å². The minimum absolute atomic E-state index is 0.438. The molecule has 0 amide bonds. The van der Waals surface area contributed by atoms with Gasteiger partial charge in [0, 0.05) is 12.6 Å². The van der Waals surface area contributed by atoms with Crippen LogP contribution in [-0.4, -0.2) is 25.9 Å². The Morgan fingerprint density at radius 3 is 2.76 bits per heavy atom. The minimum atomic E-state index is 0.438. The predicted molar refractivity (Wildman–Crippen MR) is 69.8 cm³/mol. The highest BCUT2D eigenvalue weighted by Crippen LogP contribution is 2.31. The topological polar surface area (TPSA) is 30.5 Å². The molecule has 3 nitrogen and oxygen atoms in total. The summed E-state index contributed by atoms with van der Waals surface area (Å²) in [5, 5.41) is 3.52. The highest BCUT2D eigenvalue weighted by atomic mass is 16.5. The Bertz CT molecular complexity index is 372. The van der Waals surface area contributed by atoms with Crippen molar-refractivity contribution in [2.24, 2.45) is 0 Å². The van der Waals surface area contributed by atoms with Crippen LogP contribution in [0.2, 0.25) is 0 Å². The van der Waals surface area contributed by atoms with E-state index in [1.807, 2.05) is 13.0 Å². The van der Waals surface area contributed by atoms with Gasteiger partial charge in [-0.05, 0) is 44.4 Å². The van der Waals surface area contributed by atoms with E-state index in [0.29, 0.717) is 12.1 Å². The van der Waals surface area contributed by atoms with E-state index in [1.54, 1.807) is 7.11 Å². The van der Waals surface area contributed by atoms with Crippen LogP contribution in [0.1, 0.15) is 25.3 Å². The van der Waals surface area contributed by atoms with Crippen molar-refractivity contribution < 1.29 is 9.47 Å². The van der Waals surface area contributed by atoms with Crippen LogP contribution < -0.4 is 10.1 Å². The molecule has 1 aliphatic carbocycles. The Morgan fingerprint density at radius 1 is 1.35 bits per heavy atom. The molecule has 0 aliphatic heterocycles. The molecule has 0 bridgehead atoms. The van der Waals surface area contributed by atoms with Crippen molar-refractivity contribution in [2.45, 2.75) is 38.8 Å². The third-order valence-corrected chi connectivity index (χ3v) is 3.21. The second kappa shape index (κ2) is 5.41. The number of aryl methyl sites for hydroxylation is 1. The van der Waals surface area contributed by atoms with E-state index in [2.05, 4.69) is 24.4 Å². The molecule has 0 heterocycles. The van der Waals surface area contributed by atoms with Crippen LogP contribution in [0, 0.1) is 6.92 Å². The van der Waals surface area contributed by atoms with Gasteiger partial charge < -0.3 is 14.8 Å². The van der Waals surface area contributed by atoms with Gasteiger partial charge in [-0.3, -0.25) is 0 Å². The largest absolute Gasteiger partial charge is 0.495 e. The summed E-state index contributed by atoms with van der Waals surface area (Å²) in [6.07, 6.45) is 2.61. The quantitative estimate of drug-likeness (QED) is 0.851. The van der Waals surface area contributed by atoms with Gasteiger partial charge in [0.2, 0.25) is 0 Å². The fourth-order valence-electron chi connectivity index (χ4n) is 2.21. The first-order chi connectivity index (χ1) is 8.22. The van der Waals surface area contributed by atoms with Crippen molar-refractivity contribution >= 4 is 5.69 Å². The Labute approximate surface area is 103 Å². The van der Waals surface area contributed by atoms with Crippen molar-refractivity contribution in [1.29, 1.82) is 0 Å². The minimum Gasteiger partial charge on any atom is -0.495 e. The third kappa shape index (κ3) is 2.91. The normalized spacial score (nSPS) is 23.0. The summed E-state index contributed by atoms with van der Waals surface area (Å²) in [6, 6.07) is 6.72. The maximum Gasteiger partial charge on any atom is 0.141 e. The van der Waals surface area contributed by atoms with Crippen LogP contribution in [0.3, 0.4) is 0 Å². The second-order valence-corrected chi connectivity index (χ2v) is 4.59. The molecular formula is C14H21NO2. The molecule has 3 heteroatoms. The smallest absolute Gasteiger partial charge is 0.141 e. The van der Waals surface area contributed by atoms with E-state index in [1.165, 1.54) is 5.56 Å². The van der Waals surface area contributed by atoms with Crippen LogP contribution in [0.4, 0.5) is 5.69 Å². The van der Waals surface area contributed by atoms with Crippen LogP contribution in [0.5, 0.6) is 5.75 Å². The molecule has 1 aromatic rings. The second-order valence-electron chi connectivity index (χ2n) is 4.59. The summed E-state index contributed by atoms with van der Waals surface area (Å²) in [5.41, 5.74) is 2.33. The van der Waals surface area contributed by atoms with Gasteiger partial charge in [-0.2, -0.15) is 0 Å². The van der Waals surface area contributed by atoms with Crippen molar-refractivity contribution in [2.75, 3.05) is 19.0 Å². The molecule has 0 radical (unpaired) electrons. The molecule has 0 unspecified atom stereocenters. The first kappa shape index (κ1) is 12.2. The zero-order valence-electron chi connectivity index (χ0n) is 10.8. The first-order valence-corrected chi connectivity index (χ1v) is 6.25. The van der Waals surface area contributed by atoms with Crippen molar-refractivity contribution in [3.8, 4) is 5.75 Å². The first-order valence-electron chi connectivity index (χ1n) is 6.25. The van der Waals surface area contributed by atoms with Crippen molar-refractivity contribution in [1.82, 2.24) is 0 Å². The number of anilines is 1. The number of methoxy groups -OCH3 is 1. The summed E-state index contributed by atoms with van der Waals surface area (Å²) >= 11 is 0. The molecule has 0 atom stereocenters. The molecule has 17 heavy (non-hydrogen) atoms. The lowest BCUT2D eigenvalue weighted by Gasteiger charge is -2.36. The SMILES string of the molecule is CCOC1CC(Nc2cc(C)ccc2OC)C1. The van der Waals surface area contributed by atoms with Crippen LogP contribution in [0.25, 0.3) is 0 Å². The van der Waals surface area contributed by atoms with Gasteiger partial charge in [0.25, 0.3) is 0 Å². The lowest BCUT2D eigenvalue weighted by molar-refractivity contribution is 0.00295. The average Bonchev–Trinajstić information content (AvgIpc) is 2.26. The van der Waals surface area contributed by atoms with E-state index < -0.39 is 0 Å². The molecule has 2 rings (SSSR count). The van der Waals surface area contributed by atoms with Crippen molar-refractivity contribution in [3.05, 3.63) is 23.8 Å². The standard InChI is InChI=1S/C14H21NO2/c1-4-17-12-8-11(9-12)15-13-7-10(2)5-6-14(13)16-3/h5-7,11-12,15H,4,8-9H2,1-3H3. The molecule has 0 spiro atoms. The predicted octanol–water partition coefficient (Wildman–Crippen LogP) is 2.98. The zero-order valence-corrected chi connectivity index (χ0v) is 10.8. The number of hydrogen-bond acceptors (Lipinski definition) is 3. The summed E-state index contributed by atoms with van der Waals surface area (Å²) in [4.78, 5) is 0. The number of nitrogens with one attached hydrogen (secondary N) is 1. The lowest BCUT2D eigenvalue weighted by atomic mass is 9.89. The Kier molecular flexibility index (Phi) is 3.89. The van der Waals surface area contributed by atoms with Gasteiger partial charge in [0.05, 0.1) is 18.9 Å². The fraction of sp³-hybridized carbons (Fsp3) is 0.571. The van der Waals surface area contributed by atoms with Crippen LogP contribution in [-0.2, 0) is 4.74 Å². The molecule has 1 aromatic carbocycles. The average molecular weight is 235 g/mol. The summed E-state index contributed by atoms with van der Waals surface area (Å²) < 4.78 is 10.9. The van der Waals surface area contributed by atoms with Gasteiger partial charge in [0.15, 0.2) is 0 Å². The third-order valence-electron chi connectivity index (χ3n) is 3.21. The number of rotatable bonds is 5. The lowest BCUT2D eigenvalue weighted by Crippen LogP contribution is -2.40. The molecule has 1 saturated carbocycles. The monoisotopic (exact) mass is 235 g/mol. The van der Waals surface area contributed by atoms with Crippen LogP contribution in [0.15, 0.2) is 18.2 Å². The maximum atomic E-state index is 5.55. The van der Waals surface area contributed by atoms with E-state index in [0.717, 1.165) is 30.9 Å². The molecule has 1 N–H and O–H groups in total. The zero-order chi connectivity index (χ0) is 12.3. The molecule has 94 valence electrons. The van der Waals surface area contributed by atoms with E-state index in [9.17, 15) is 0 Å².